The van der Waals surface area contributed by atoms with E-state index in [0.29, 0.717) is 31.2 Å². The molecule has 0 bridgehead atoms. The van der Waals surface area contributed by atoms with E-state index in [0.717, 1.165) is 23.4 Å². The summed E-state index contributed by atoms with van der Waals surface area (Å²) >= 11 is 0. The maximum absolute atomic E-state index is 12.3. The zero-order valence-electron chi connectivity index (χ0n) is 15.1. The molecule has 25 heavy (non-hydrogen) atoms. The summed E-state index contributed by atoms with van der Waals surface area (Å²) in [5, 5.41) is 2.84. The van der Waals surface area contributed by atoms with E-state index in [1.165, 1.54) is 0 Å². The van der Waals surface area contributed by atoms with Crippen LogP contribution in [0.2, 0.25) is 0 Å². The van der Waals surface area contributed by atoms with Crippen molar-refractivity contribution < 1.29 is 28.7 Å². The fraction of sp³-hybridized carbons (Fsp3) is 0.556. The van der Waals surface area contributed by atoms with Gasteiger partial charge >= 0.3 is 5.97 Å². The lowest BCUT2D eigenvalue weighted by atomic mass is 10.1. The summed E-state index contributed by atoms with van der Waals surface area (Å²) in [5.41, 5.74) is 0.943. The largest absolute Gasteiger partial charge is 0.493 e. The van der Waals surface area contributed by atoms with Gasteiger partial charge in [0.1, 0.15) is 13.0 Å². The number of rotatable bonds is 8. The van der Waals surface area contributed by atoms with E-state index in [4.69, 9.17) is 14.2 Å². The number of carbonyl (C=O) groups excluding carboxylic acids is 2. The molecule has 2 atom stereocenters. The fourth-order valence-corrected chi connectivity index (χ4v) is 3.06. The highest BCUT2D eigenvalue weighted by Crippen LogP contribution is 2.30. The van der Waals surface area contributed by atoms with E-state index in [-0.39, 0.29) is 18.3 Å². The van der Waals surface area contributed by atoms with Gasteiger partial charge in [0.25, 0.3) is 5.91 Å². The number of para-hydroxylation sites is 1. The molecule has 0 spiro atoms. The summed E-state index contributed by atoms with van der Waals surface area (Å²) in [5.74, 6) is 0.867. The van der Waals surface area contributed by atoms with Gasteiger partial charge < -0.3 is 24.4 Å². The predicted molar refractivity (Wildman–Crippen MR) is 91.7 cm³/mol. The van der Waals surface area contributed by atoms with Gasteiger partial charge in [-0.1, -0.05) is 13.0 Å². The molecule has 1 aliphatic rings. The van der Waals surface area contributed by atoms with Gasteiger partial charge in [0.15, 0.2) is 17.5 Å². The minimum absolute atomic E-state index is 0.0768. The number of hydrogen-bond donors (Lipinski definition) is 2. The van der Waals surface area contributed by atoms with Crippen molar-refractivity contribution in [2.45, 2.75) is 32.4 Å². The molecule has 1 aromatic rings. The molecule has 1 aliphatic heterocycles. The third kappa shape index (κ3) is 4.85. The summed E-state index contributed by atoms with van der Waals surface area (Å²) in [7, 11) is 3.19. The van der Waals surface area contributed by atoms with Crippen LogP contribution in [0.3, 0.4) is 0 Å². The first-order valence-electron chi connectivity index (χ1n) is 8.58. The predicted octanol–water partition coefficient (Wildman–Crippen LogP) is -0.0696. The lowest BCUT2D eigenvalue weighted by Gasteiger charge is -2.32. The highest BCUT2D eigenvalue weighted by atomic mass is 16.5. The van der Waals surface area contributed by atoms with Crippen molar-refractivity contribution in [1.82, 2.24) is 5.32 Å². The highest BCUT2D eigenvalue weighted by Gasteiger charge is 2.36. The minimum atomic E-state index is -0.464. The third-order valence-corrected chi connectivity index (χ3v) is 4.29. The number of benzene rings is 1. The SMILES string of the molecule is CCCOC(=O)C[C@@H]1C(=O)NCC[NH+]1Cc1cccc(OC)c1OC. The maximum atomic E-state index is 12.3. The molecule has 1 fully saturated rings. The van der Waals surface area contributed by atoms with Crippen LogP contribution in [0.15, 0.2) is 18.2 Å². The van der Waals surface area contributed by atoms with Gasteiger partial charge in [-0.2, -0.15) is 0 Å². The van der Waals surface area contributed by atoms with E-state index < -0.39 is 6.04 Å². The second-order valence-corrected chi connectivity index (χ2v) is 6.01. The van der Waals surface area contributed by atoms with Gasteiger partial charge in [-0.25, -0.2) is 0 Å². The van der Waals surface area contributed by atoms with E-state index in [2.05, 4.69) is 5.32 Å². The summed E-state index contributed by atoms with van der Waals surface area (Å²) in [6.45, 7) is 4.21. The quantitative estimate of drug-likeness (QED) is 0.641. The number of methoxy groups -OCH3 is 2. The van der Waals surface area contributed by atoms with E-state index >= 15 is 0 Å². The highest BCUT2D eigenvalue weighted by molar-refractivity contribution is 5.85. The van der Waals surface area contributed by atoms with Crippen LogP contribution >= 0.6 is 0 Å². The van der Waals surface area contributed by atoms with Crippen molar-refractivity contribution in [1.29, 1.82) is 0 Å². The molecule has 2 N–H and O–H groups in total. The Bertz CT molecular complexity index is 605. The number of amides is 1. The molecular weight excluding hydrogens is 324 g/mol. The van der Waals surface area contributed by atoms with Gasteiger partial charge in [0.2, 0.25) is 0 Å². The fourth-order valence-electron chi connectivity index (χ4n) is 3.06. The Labute approximate surface area is 148 Å². The third-order valence-electron chi connectivity index (χ3n) is 4.29. The Morgan fingerprint density at radius 1 is 1.32 bits per heavy atom. The molecule has 1 amide bonds. The van der Waals surface area contributed by atoms with Crippen LogP contribution < -0.4 is 19.7 Å². The number of nitrogens with one attached hydrogen (secondary N) is 2. The van der Waals surface area contributed by atoms with Crippen molar-refractivity contribution in [3.8, 4) is 11.5 Å². The molecular formula is C18H27N2O5+. The van der Waals surface area contributed by atoms with Crippen LogP contribution in [-0.2, 0) is 20.9 Å². The monoisotopic (exact) mass is 351 g/mol. The molecule has 0 saturated carbocycles. The van der Waals surface area contributed by atoms with Gasteiger partial charge in [-0.05, 0) is 18.6 Å². The molecule has 0 radical (unpaired) electrons. The van der Waals surface area contributed by atoms with Gasteiger partial charge in [-0.3, -0.25) is 9.59 Å². The Kier molecular flexibility index (Phi) is 7.06. The number of carbonyl (C=O) groups is 2. The number of hydrogen-bond acceptors (Lipinski definition) is 5. The van der Waals surface area contributed by atoms with Crippen LogP contribution in [0.4, 0.5) is 0 Å². The molecule has 0 aliphatic carbocycles. The van der Waals surface area contributed by atoms with Crippen molar-refractivity contribution in [2.24, 2.45) is 0 Å². The first kappa shape index (κ1) is 19.1. The molecule has 1 aromatic carbocycles. The lowest BCUT2D eigenvalue weighted by Crippen LogP contribution is -3.18. The smallest absolute Gasteiger partial charge is 0.312 e. The summed E-state index contributed by atoms with van der Waals surface area (Å²) in [6.07, 6.45) is 0.841. The number of ether oxygens (including phenoxy) is 3. The van der Waals surface area contributed by atoms with Crippen LogP contribution in [0.25, 0.3) is 0 Å². The molecule has 138 valence electrons. The Morgan fingerprint density at radius 2 is 2.12 bits per heavy atom. The normalized spacial score (nSPS) is 19.9. The van der Waals surface area contributed by atoms with E-state index in [1.54, 1.807) is 14.2 Å². The second kappa shape index (κ2) is 9.27. The molecule has 1 unspecified atom stereocenters. The molecule has 1 saturated heterocycles. The minimum Gasteiger partial charge on any atom is -0.493 e. The van der Waals surface area contributed by atoms with E-state index in [9.17, 15) is 9.59 Å². The molecule has 1 heterocycles. The van der Waals surface area contributed by atoms with Crippen LogP contribution in [0, 0.1) is 0 Å². The lowest BCUT2D eigenvalue weighted by molar-refractivity contribution is -0.930. The van der Waals surface area contributed by atoms with Crippen molar-refractivity contribution in [2.75, 3.05) is 33.9 Å². The molecule has 7 nitrogen and oxygen atoms in total. The van der Waals surface area contributed by atoms with Crippen molar-refractivity contribution >= 4 is 11.9 Å². The number of esters is 1. The summed E-state index contributed by atoms with van der Waals surface area (Å²) in [6, 6.07) is 5.21. The summed E-state index contributed by atoms with van der Waals surface area (Å²) < 4.78 is 16.0. The van der Waals surface area contributed by atoms with Crippen LogP contribution in [0.1, 0.15) is 25.3 Å². The average molecular weight is 351 g/mol. The van der Waals surface area contributed by atoms with Crippen molar-refractivity contribution in [3.63, 3.8) is 0 Å². The molecule has 0 aromatic heterocycles. The Hall–Kier alpha value is -2.28. The Morgan fingerprint density at radius 3 is 2.80 bits per heavy atom. The zero-order valence-corrected chi connectivity index (χ0v) is 15.1. The van der Waals surface area contributed by atoms with E-state index in [1.807, 2.05) is 25.1 Å². The molecule has 7 heteroatoms. The topological polar surface area (TPSA) is 78.3 Å². The first-order valence-corrected chi connectivity index (χ1v) is 8.58. The van der Waals surface area contributed by atoms with Gasteiger partial charge in [-0.15, -0.1) is 0 Å². The van der Waals surface area contributed by atoms with Crippen LogP contribution in [-0.4, -0.2) is 51.8 Å². The van der Waals surface area contributed by atoms with Crippen molar-refractivity contribution in [3.05, 3.63) is 23.8 Å². The average Bonchev–Trinajstić information content (AvgIpc) is 2.62. The van der Waals surface area contributed by atoms with Gasteiger partial charge in [0.05, 0.1) is 39.5 Å². The second-order valence-electron chi connectivity index (χ2n) is 6.01. The van der Waals surface area contributed by atoms with Crippen LogP contribution in [0.5, 0.6) is 11.5 Å². The number of piperazine rings is 1. The van der Waals surface area contributed by atoms with Gasteiger partial charge in [0, 0.05) is 0 Å². The molecule has 2 rings (SSSR count). The maximum Gasteiger partial charge on any atom is 0.312 e. The summed E-state index contributed by atoms with van der Waals surface area (Å²) in [4.78, 5) is 25.3. The number of quaternary nitrogens is 1. The standard InChI is InChI=1S/C18H26N2O5/c1-4-10-25-16(21)11-14-18(22)19-8-9-20(14)12-13-6-5-7-15(23-2)17(13)24-3/h5-7,14H,4,8-12H2,1-3H3,(H,19,22)/p+1/t14-/m1/s1. The Balaban J connectivity index is 2.15. The first-order chi connectivity index (χ1) is 12.1. The zero-order chi connectivity index (χ0) is 18.2.